The van der Waals surface area contributed by atoms with E-state index in [2.05, 4.69) is 15.5 Å². The summed E-state index contributed by atoms with van der Waals surface area (Å²) >= 11 is 0. The van der Waals surface area contributed by atoms with Crippen molar-refractivity contribution >= 4 is 5.91 Å². The number of carbonyl (C=O) groups excluding carboxylic acids is 1. The van der Waals surface area contributed by atoms with Gasteiger partial charge < -0.3 is 11.1 Å². The van der Waals surface area contributed by atoms with Gasteiger partial charge in [0.05, 0.1) is 12.2 Å². The van der Waals surface area contributed by atoms with Crippen molar-refractivity contribution in [3.05, 3.63) is 24.0 Å². The van der Waals surface area contributed by atoms with Crippen LogP contribution in [0.3, 0.4) is 0 Å². The zero-order valence-electron chi connectivity index (χ0n) is 8.10. The Morgan fingerprint density at radius 3 is 3.00 bits per heavy atom. The molecule has 0 aliphatic carbocycles. The third-order valence-corrected chi connectivity index (χ3v) is 1.79. The summed E-state index contributed by atoms with van der Waals surface area (Å²) < 4.78 is 0. The van der Waals surface area contributed by atoms with Gasteiger partial charge in [0.15, 0.2) is 0 Å². The maximum Gasteiger partial charge on any atom is 0.237 e. The summed E-state index contributed by atoms with van der Waals surface area (Å²) in [6.07, 6.45) is 3.68. The molecule has 1 amide bonds. The van der Waals surface area contributed by atoms with E-state index < -0.39 is 6.04 Å². The highest BCUT2D eigenvalue weighted by Crippen LogP contribution is 1.98. The molecular weight excluding hydrogens is 180 g/mol. The van der Waals surface area contributed by atoms with Crippen LogP contribution in [-0.4, -0.2) is 28.7 Å². The molecule has 0 fully saturated rings. The summed E-state index contributed by atoms with van der Waals surface area (Å²) in [6.45, 7) is 2.46. The van der Waals surface area contributed by atoms with E-state index in [0.29, 0.717) is 13.0 Å². The van der Waals surface area contributed by atoms with E-state index in [1.807, 2.05) is 6.92 Å². The number of hydrogen-bond acceptors (Lipinski definition) is 4. The van der Waals surface area contributed by atoms with Crippen LogP contribution in [0.5, 0.6) is 0 Å². The van der Waals surface area contributed by atoms with Crippen LogP contribution < -0.4 is 11.1 Å². The minimum atomic E-state index is -0.515. The van der Waals surface area contributed by atoms with Crippen molar-refractivity contribution < 1.29 is 4.79 Å². The molecule has 1 rings (SSSR count). The Balaban J connectivity index is 2.49. The normalized spacial score (nSPS) is 12.1. The molecule has 1 aromatic heterocycles. The number of nitrogens with one attached hydrogen (secondary N) is 1. The lowest BCUT2D eigenvalue weighted by molar-refractivity contribution is -0.122. The molecule has 5 nitrogen and oxygen atoms in total. The van der Waals surface area contributed by atoms with Gasteiger partial charge in [0.1, 0.15) is 0 Å². The Kier molecular flexibility index (Phi) is 4.00. The second kappa shape index (κ2) is 5.29. The van der Waals surface area contributed by atoms with Gasteiger partial charge in [0, 0.05) is 12.7 Å². The molecular formula is C9H14N4O. The lowest BCUT2D eigenvalue weighted by Crippen LogP contribution is -2.41. The van der Waals surface area contributed by atoms with Gasteiger partial charge in [-0.15, -0.1) is 0 Å². The molecule has 1 unspecified atom stereocenters. The Hall–Kier alpha value is -1.49. The van der Waals surface area contributed by atoms with Crippen molar-refractivity contribution in [1.82, 2.24) is 15.5 Å². The monoisotopic (exact) mass is 194 g/mol. The van der Waals surface area contributed by atoms with Crippen molar-refractivity contribution in [3.8, 4) is 0 Å². The first-order chi connectivity index (χ1) is 6.74. The van der Waals surface area contributed by atoms with Gasteiger partial charge >= 0.3 is 0 Å². The molecule has 1 heterocycles. The predicted molar refractivity (Wildman–Crippen MR) is 52.4 cm³/mol. The van der Waals surface area contributed by atoms with E-state index in [4.69, 9.17) is 5.73 Å². The minimum Gasteiger partial charge on any atom is -0.355 e. The number of nitrogens with two attached hydrogens (primary N) is 1. The van der Waals surface area contributed by atoms with E-state index in [0.717, 1.165) is 5.56 Å². The van der Waals surface area contributed by atoms with Crippen LogP contribution in [0, 0.1) is 0 Å². The number of rotatable bonds is 4. The van der Waals surface area contributed by atoms with E-state index in [1.54, 1.807) is 18.5 Å². The molecule has 76 valence electrons. The topological polar surface area (TPSA) is 80.9 Å². The standard InChI is InChI=1S/C9H14N4O/c1-2-11-9(14)8(10)5-7-3-4-12-13-6-7/h3-4,6,8H,2,5,10H2,1H3,(H,11,14). The zero-order chi connectivity index (χ0) is 10.4. The van der Waals surface area contributed by atoms with Gasteiger partial charge in [-0.3, -0.25) is 4.79 Å². The number of likely N-dealkylation sites (N-methyl/N-ethyl adjacent to an activating group) is 1. The molecule has 0 radical (unpaired) electrons. The first-order valence-electron chi connectivity index (χ1n) is 4.53. The fourth-order valence-corrected chi connectivity index (χ4v) is 1.09. The Morgan fingerprint density at radius 1 is 1.64 bits per heavy atom. The zero-order valence-corrected chi connectivity index (χ0v) is 8.10. The molecule has 0 saturated carbocycles. The van der Waals surface area contributed by atoms with Crippen LogP contribution >= 0.6 is 0 Å². The van der Waals surface area contributed by atoms with Crippen LogP contribution in [0.2, 0.25) is 0 Å². The molecule has 0 saturated heterocycles. The lowest BCUT2D eigenvalue weighted by Gasteiger charge is -2.10. The van der Waals surface area contributed by atoms with Crippen molar-refractivity contribution in [2.24, 2.45) is 5.73 Å². The van der Waals surface area contributed by atoms with Crippen molar-refractivity contribution in [3.63, 3.8) is 0 Å². The molecule has 3 N–H and O–H groups in total. The molecule has 0 bridgehead atoms. The molecule has 1 aromatic rings. The number of nitrogens with zero attached hydrogens (tertiary/aromatic N) is 2. The summed E-state index contributed by atoms with van der Waals surface area (Å²) in [4.78, 5) is 11.3. The smallest absolute Gasteiger partial charge is 0.237 e. The fourth-order valence-electron chi connectivity index (χ4n) is 1.09. The van der Waals surface area contributed by atoms with Gasteiger partial charge in [-0.25, -0.2) is 0 Å². The van der Waals surface area contributed by atoms with Gasteiger partial charge in [0.25, 0.3) is 0 Å². The maximum atomic E-state index is 11.3. The average molecular weight is 194 g/mol. The van der Waals surface area contributed by atoms with Gasteiger partial charge in [-0.2, -0.15) is 10.2 Å². The predicted octanol–water partition coefficient (Wildman–Crippen LogP) is -0.517. The molecule has 0 aliphatic heterocycles. The highest BCUT2D eigenvalue weighted by molar-refractivity contribution is 5.81. The number of amides is 1. The van der Waals surface area contributed by atoms with Gasteiger partial charge in [-0.05, 0) is 25.0 Å². The van der Waals surface area contributed by atoms with Crippen molar-refractivity contribution in [1.29, 1.82) is 0 Å². The maximum absolute atomic E-state index is 11.3. The van der Waals surface area contributed by atoms with Crippen molar-refractivity contribution in [2.75, 3.05) is 6.54 Å². The molecule has 0 aliphatic rings. The Bertz CT molecular complexity index is 288. The summed E-state index contributed by atoms with van der Waals surface area (Å²) in [7, 11) is 0. The summed E-state index contributed by atoms with van der Waals surface area (Å²) in [5.41, 5.74) is 6.59. The second-order valence-electron chi connectivity index (χ2n) is 2.96. The van der Waals surface area contributed by atoms with Gasteiger partial charge in [0.2, 0.25) is 5.91 Å². The molecule has 1 atom stereocenters. The first kappa shape index (κ1) is 10.6. The SMILES string of the molecule is CCNC(=O)C(N)Cc1ccnnc1. The van der Waals surface area contributed by atoms with E-state index in [-0.39, 0.29) is 5.91 Å². The second-order valence-corrected chi connectivity index (χ2v) is 2.96. The Morgan fingerprint density at radius 2 is 2.43 bits per heavy atom. The summed E-state index contributed by atoms with van der Waals surface area (Å²) in [5.74, 6) is -0.135. The number of hydrogen-bond donors (Lipinski definition) is 2. The lowest BCUT2D eigenvalue weighted by atomic mass is 10.1. The molecule has 5 heteroatoms. The van der Waals surface area contributed by atoms with Crippen LogP contribution in [0.4, 0.5) is 0 Å². The first-order valence-corrected chi connectivity index (χ1v) is 4.53. The quantitative estimate of drug-likeness (QED) is 0.676. The largest absolute Gasteiger partial charge is 0.355 e. The Labute approximate surface area is 82.7 Å². The van der Waals surface area contributed by atoms with Crippen molar-refractivity contribution in [2.45, 2.75) is 19.4 Å². The number of carbonyl (C=O) groups is 1. The molecule has 0 spiro atoms. The molecule has 14 heavy (non-hydrogen) atoms. The minimum absolute atomic E-state index is 0.135. The third kappa shape index (κ3) is 3.10. The van der Waals surface area contributed by atoms with Gasteiger partial charge in [-0.1, -0.05) is 0 Å². The highest BCUT2D eigenvalue weighted by atomic mass is 16.2. The van der Waals surface area contributed by atoms with E-state index in [9.17, 15) is 4.79 Å². The van der Waals surface area contributed by atoms with Crippen LogP contribution in [0.15, 0.2) is 18.5 Å². The highest BCUT2D eigenvalue weighted by Gasteiger charge is 2.12. The van der Waals surface area contributed by atoms with Crippen LogP contribution in [0.25, 0.3) is 0 Å². The molecule has 0 aromatic carbocycles. The van der Waals surface area contributed by atoms with E-state index >= 15 is 0 Å². The summed E-state index contributed by atoms with van der Waals surface area (Å²) in [5, 5.41) is 10.0. The third-order valence-electron chi connectivity index (χ3n) is 1.79. The van der Waals surface area contributed by atoms with Crippen LogP contribution in [0.1, 0.15) is 12.5 Å². The number of aromatic nitrogens is 2. The van der Waals surface area contributed by atoms with E-state index in [1.165, 1.54) is 0 Å². The fraction of sp³-hybridized carbons (Fsp3) is 0.444. The van der Waals surface area contributed by atoms with Crippen LogP contribution in [-0.2, 0) is 11.2 Å². The average Bonchev–Trinajstić information content (AvgIpc) is 2.19. The summed E-state index contributed by atoms with van der Waals surface area (Å²) in [6, 6.07) is 1.28.